The summed E-state index contributed by atoms with van der Waals surface area (Å²) in [4.78, 5) is 14.6. The summed E-state index contributed by atoms with van der Waals surface area (Å²) >= 11 is 0. The highest BCUT2D eigenvalue weighted by Gasteiger charge is 2.23. The van der Waals surface area contributed by atoms with Crippen LogP contribution in [-0.4, -0.2) is 37.0 Å². The fourth-order valence-electron chi connectivity index (χ4n) is 2.94. The number of benzene rings is 1. The molecule has 116 valence electrons. The lowest BCUT2D eigenvalue weighted by Gasteiger charge is -2.17. The Hall–Kier alpha value is -1.35. The zero-order valence-corrected chi connectivity index (χ0v) is 13.7. The van der Waals surface area contributed by atoms with Gasteiger partial charge in [-0.2, -0.15) is 0 Å². The predicted octanol–water partition coefficient (Wildman–Crippen LogP) is 2.81. The maximum atomic E-state index is 12.3. The van der Waals surface area contributed by atoms with Gasteiger partial charge in [-0.25, -0.2) is 0 Å². The van der Waals surface area contributed by atoms with Crippen molar-refractivity contribution in [1.29, 1.82) is 0 Å². The summed E-state index contributed by atoms with van der Waals surface area (Å²) in [5.74, 6) is 0.729. The third kappa shape index (κ3) is 4.57. The highest BCUT2D eigenvalue weighted by molar-refractivity contribution is 5.83. The molecular formula is C18H28N2O. The fourth-order valence-corrected chi connectivity index (χ4v) is 2.94. The van der Waals surface area contributed by atoms with Gasteiger partial charge in [0.15, 0.2) is 0 Å². The first-order valence-electron chi connectivity index (χ1n) is 8.03. The molecule has 21 heavy (non-hydrogen) atoms. The van der Waals surface area contributed by atoms with Crippen molar-refractivity contribution < 1.29 is 4.79 Å². The fraction of sp³-hybridized carbons (Fsp3) is 0.611. The predicted molar refractivity (Wildman–Crippen MR) is 87.4 cm³/mol. The molecule has 2 atom stereocenters. The molecule has 0 saturated carbocycles. The first-order valence-corrected chi connectivity index (χ1v) is 8.03. The summed E-state index contributed by atoms with van der Waals surface area (Å²) in [7, 11) is 2.10. The molecule has 0 unspecified atom stereocenters. The number of rotatable bonds is 5. The van der Waals surface area contributed by atoms with Crippen molar-refractivity contribution in [2.45, 2.75) is 45.6 Å². The molecule has 1 aliphatic heterocycles. The first kappa shape index (κ1) is 16.0. The molecule has 1 aliphatic rings. The van der Waals surface area contributed by atoms with Gasteiger partial charge in [-0.3, -0.25) is 4.79 Å². The van der Waals surface area contributed by atoms with Crippen LogP contribution in [0.4, 0.5) is 0 Å². The third-order valence-corrected chi connectivity index (χ3v) is 4.25. The van der Waals surface area contributed by atoms with Crippen LogP contribution in [-0.2, 0) is 11.2 Å². The molecule has 1 fully saturated rings. The summed E-state index contributed by atoms with van der Waals surface area (Å²) in [5, 5.41) is 3.17. The van der Waals surface area contributed by atoms with Gasteiger partial charge in [0.2, 0.25) is 5.91 Å². The highest BCUT2D eigenvalue weighted by Crippen LogP contribution is 2.18. The second kappa shape index (κ2) is 7.08. The van der Waals surface area contributed by atoms with Gasteiger partial charge in [0.1, 0.15) is 0 Å². The van der Waals surface area contributed by atoms with Gasteiger partial charge in [0.05, 0.1) is 5.92 Å². The smallest absolute Gasteiger partial charge is 0.227 e. The van der Waals surface area contributed by atoms with Crippen LogP contribution in [0.2, 0.25) is 0 Å². The minimum Gasteiger partial charge on any atom is -0.352 e. The molecule has 0 bridgehead atoms. The number of hydrogen-bond donors (Lipinski definition) is 1. The van der Waals surface area contributed by atoms with Crippen molar-refractivity contribution in [3.8, 4) is 0 Å². The van der Waals surface area contributed by atoms with Crippen LogP contribution in [0.3, 0.4) is 0 Å². The summed E-state index contributed by atoms with van der Waals surface area (Å²) in [5.41, 5.74) is 2.45. The molecule has 0 aliphatic carbocycles. The Balaban J connectivity index is 1.92. The Morgan fingerprint density at radius 3 is 2.48 bits per heavy atom. The molecule has 1 saturated heterocycles. The van der Waals surface area contributed by atoms with Gasteiger partial charge < -0.3 is 10.2 Å². The van der Waals surface area contributed by atoms with Crippen LogP contribution in [0.1, 0.15) is 44.2 Å². The average molecular weight is 288 g/mol. The molecule has 1 aromatic carbocycles. The normalized spacial score (nSPS) is 20.7. The van der Waals surface area contributed by atoms with Gasteiger partial charge in [0, 0.05) is 12.6 Å². The molecule has 1 amide bonds. The minimum absolute atomic E-state index is 0.0796. The van der Waals surface area contributed by atoms with Crippen molar-refractivity contribution >= 4 is 5.91 Å². The van der Waals surface area contributed by atoms with E-state index in [9.17, 15) is 4.79 Å². The van der Waals surface area contributed by atoms with E-state index in [1.54, 1.807) is 0 Å². The van der Waals surface area contributed by atoms with E-state index >= 15 is 0 Å². The number of carbonyl (C=O) groups is 1. The van der Waals surface area contributed by atoms with E-state index in [0.29, 0.717) is 12.0 Å². The molecule has 1 aromatic rings. The topological polar surface area (TPSA) is 32.3 Å². The minimum atomic E-state index is -0.0796. The average Bonchev–Trinajstić information content (AvgIpc) is 2.83. The van der Waals surface area contributed by atoms with Crippen molar-refractivity contribution in [1.82, 2.24) is 10.2 Å². The Morgan fingerprint density at radius 2 is 1.95 bits per heavy atom. The Bertz CT molecular complexity index is 467. The van der Waals surface area contributed by atoms with E-state index in [0.717, 1.165) is 31.5 Å². The quantitative estimate of drug-likeness (QED) is 0.903. The van der Waals surface area contributed by atoms with Gasteiger partial charge >= 0.3 is 0 Å². The number of amides is 1. The number of nitrogens with one attached hydrogen (secondary N) is 1. The van der Waals surface area contributed by atoms with Gasteiger partial charge in [0.25, 0.3) is 0 Å². The molecule has 0 aromatic heterocycles. The van der Waals surface area contributed by atoms with Crippen LogP contribution in [0.25, 0.3) is 0 Å². The maximum Gasteiger partial charge on any atom is 0.227 e. The maximum absolute atomic E-state index is 12.3. The lowest BCUT2D eigenvalue weighted by atomic mass is 9.96. The van der Waals surface area contributed by atoms with E-state index in [1.807, 2.05) is 6.92 Å². The van der Waals surface area contributed by atoms with Crippen LogP contribution in [0.5, 0.6) is 0 Å². The molecule has 1 N–H and O–H groups in total. The van der Waals surface area contributed by atoms with E-state index in [1.165, 1.54) is 5.56 Å². The highest BCUT2D eigenvalue weighted by atomic mass is 16.1. The van der Waals surface area contributed by atoms with Crippen molar-refractivity contribution in [3.63, 3.8) is 0 Å². The first-order chi connectivity index (χ1) is 9.95. The summed E-state index contributed by atoms with van der Waals surface area (Å²) in [6.45, 7) is 8.48. The SMILES string of the molecule is CC(C)Cc1ccc([C@@H](C)C(=O)N[C@@H]2CCN(C)C2)cc1. The zero-order valence-electron chi connectivity index (χ0n) is 13.7. The molecular weight excluding hydrogens is 260 g/mol. The number of carbonyl (C=O) groups excluding carboxylic acids is 1. The van der Waals surface area contributed by atoms with Gasteiger partial charge in [-0.05, 0) is 50.4 Å². The van der Waals surface area contributed by atoms with E-state index in [4.69, 9.17) is 0 Å². The standard InChI is InChI=1S/C18H28N2O/c1-13(2)11-15-5-7-16(8-6-15)14(3)18(21)19-17-9-10-20(4)12-17/h5-8,13-14,17H,9-12H2,1-4H3,(H,19,21)/t14-,17-/m1/s1. The molecule has 1 heterocycles. The van der Waals surface area contributed by atoms with Crippen molar-refractivity contribution in [3.05, 3.63) is 35.4 Å². The Kier molecular flexibility index (Phi) is 5.40. The number of hydrogen-bond acceptors (Lipinski definition) is 2. The van der Waals surface area contributed by atoms with E-state index in [2.05, 4.69) is 55.4 Å². The Labute approximate surface area is 128 Å². The third-order valence-electron chi connectivity index (χ3n) is 4.25. The molecule has 3 nitrogen and oxygen atoms in total. The van der Waals surface area contributed by atoms with Crippen LogP contribution < -0.4 is 5.32 Å². The molecule has 0 radical (unpaired) electrons. The molecule has 3 heteroatoms. The monoisotopic (exact) mass is 288 g/mol. The van der Waals surface area contributed by atoms with Crippen LogP contribution in [0.15, 0.2) is 24.3 Å². The number of likely N-dealkylation sites (tertiary alicyclic amines) is 1. The molecule has 2 rings (SSSR count). The second-order valence-corrected chi connectivity index (χ2v) is 6.82. The van der Waals surface area contributed by atoms with E-state index in [-0.39, 0.29) is 11.8 Å². The van der Waals surface area contributed by atoms with Gasteiger partial charge in [-0.1, -0.05) is 38.1 Å². The van der Waals surface area contributed by atoms with E-state index < -0.39 is 0 Å². The van der Waals surface area contributed by atoms with Crippen LogP contribution >= 0.6 is 0 Å². The van der Waals surface area contributed by atoms with Crippen molar-refractivity contribution in [2.75, 3.05) is 20.1 Å². The lowest BCUT2D eigenvalue weighted by molar-refractivity contribution is -0.122. The molecule has 0 spiro atoms. The summed E-state index contributed by atoms with van der Waals surface area (Å²) in [6.07, 6.45) is 2.15. The number of likely N-dealkylation sites (N-methyl/N-ethyl adjacent to an activating group) is 1. The summed E-state index contributed by atoms with van der Waals surface area (Å²) in [6, 6.07) is 8.82. The second-order valence-electron chi connectivity index (χ2n) is 6.82. The van der Waals surface area contributed by atoms with Gasteiger partial charge in [-0.15, -0.1) is 0 Å². The van der Waals surface area contributed by atoms with Crippen LogP contribution in [0, 0.1) is 5.92 Å². The summed E-state index contributed by atoms with van der Waals surface area (Å²) < 4.78 is 0. The number of nitrogens with zero attached hydrogens (tertiary/aromatic N) is 1. The largest absolute Gasteiger partial charge is 0.352 e. The van der Waals surface area contributed by atoms with Crippen molar-refractivity contribution in [2.24, 2.45) is 5.92 Å². The lowest BCUT2D eigenvalue weighted by Crippen LogP contribution is -2.38. The zero-order chi connectivity index (χ0) is 15.4. The Morgan fingerprint density at radius 1 is 1.29 bits per heavy atom.